The largest absolute Gasteiger partial charge is 0.234 e. The maximum Gasteiger partial charge on any atom is 0.234 e. The Morgan fingerprint density at radius 2 is 1.55 bits per heavy atom. The molecule has 0 radical (unpaired) electrons. The van der Waals surface area contributed by atoms with E-state index in [2.05, 4.69) is 22.3 Å². The van der Waals surface area contributed by atoms with Gasteiger partial charge in [-0.3, -0.25) is 0 Å². The fraction of sp³-hybridized carbons (Fsp3) is 0.0400. The molecule has 0 saturated carbocycles. The summed E-state index contributed by atoms with van der Waals surface area (Å²) >= 11 is 7.52. The van der Waals surface area contributed by atoms with E-state index in [-0.39, 0.29) is 0 Å². The van der Waals surface area contributed by atoms with Crippen molar-refractivity contribution in [1.82, 2.24) is 29.6 Å². The van der Waals surface area contributed by atoms with Crippen LogP contribution in [-0.2, 0) is 6.42 Å². The van der Waals surface area contributed by atoms with Gasteiger partial charge in [0.05, 0.1) is 23.1 Å². The maximum atomic E-state index is 6.02. The van der Waals surface area contributed by atoms with Crippen LogP contribution in [0.4, 0.5) is 0 Å². The van der Waals surface area contributed by atoms with Gasteiger partial charge in [-0.15, -0.1) is 10.2 Å². The van der Waals surface area contributed by atoms with E-state index in [0.717, 1.165) is 43.9 Å². The molecule has 6 aromatic rings. The second-order valence-electron chi connectivity index (χ2n) is 7.54. The zero-order chi connectivity index (χ0) is 22.2. The van der Waals surface area contributed by atoms with Crippen LogP contribution in [0.2, 0.25) is 5.02 Å². The lowest BCUT2D eigenvalue weighted by atomic mass is 10.1. The molecule has 0 aliphatic heterocycles. The molecule has 6 nitrogen and oxygen atoms in total. The number of aromatic nitrogens is 6. The number of para-hydroxylation sites is 1. The van der Waals surface area contributed by atoms with Crippen molar-refractivity contribution in [3.63, 3.8) is 0 Å². The van der Waals surface area contributed by atoms with E-state index in [1.807, 2.05) is 88.2 Å². The van der Waals surface area contributed by atoms with Crippen LogP contribution in [0.5, 0.6) is 0 Å². The van der Waals surface area contributed by atoms with Crippen molar-refractivity contribution in [3.8, 4) is 27.5 Å². The number of hydrogen-bond donors (Lipinski definition) is 0. The van der Waals surface area contributed by atoms with Gasteiger partial charge in [0.15, 0.2) is 10.8 Å². The van der Waals surface area contributed by atoms with Gasteiger partial charge in [-0.2, -0.15) is 14.7 Å². The first kappa shape index (κ1) is 19.8. The average Bonchev–Trinajstić information content (AvgIpc) is 3.57. The van der Waals surface area contributed by atoms with Gasteiger partial charge in [0.2, 0.25) is 4.96 Å². The third kappa shape index (κ3) is 3.71. The molecule has 8 heteroatoms. The van der Waals surface area contributed by atoms with Gasteiger partial charge in [0.25, 0.3) is 0 Å². The highest BCUT2D eigenvalue weighted by molar-refractivity contribution is 7.19. The fourth-order valence-electron chi connectivity index (χ4n) is 3.81. The minimum Gasteiger partial charge on any atom is -0.232 e. The monoisotopic (exact) mass is 468 g/mol. The molecular formula is C25H17ClN6S. The number of rotatable bonds is 5. The lowest BCUT2D eigenvalue weighted by molar-refractivity contribution is 0.854. The Balaban J connectivity index is 1.46. The van der Waals surface area contributed by atoms with Crippen molar-refractivity contribution in [2.24, 2.45) is 0 Å². The zero-order valence-electron chi connectivity index (χ0n) is 17.3. The standard InChI is InChI=1S/C25H17ClN6S/c26-19-13-11-17(12-14-19)15-22-28-29-25-32(22)30-24(33-25)21-16-27-31(20-9-5-2-6-10-20)23(21)18-7-3-1-4-8-18/h1-14,16H,15H2. The van der Waals surface area contributed by atoms with E-state index < -0.39 is 0 Å². The molecule has 3 aromatic carbocycles. The van der Waals surface area contributed by atoms with E-state index in [9.17, 15) is 0 Å². The lowest BCUT2D eigenvalue weighted by Gasteiger charge is -2.09. The molecule has 6 rings (SSSR count). The first-order chi connectivity index (χ1) is 16.3. The summed E-state index contributed by atoms with van der Waals surface area (Å²) in [6.07, 6.45) is 2.50. The van der Waals surface area contributed by atoms with Crippen LogP contribution in [0, 0.1) is 0 Å². The van der Waals surface area contributed by atoms with Gasteiger partial charge in [-0.25, -0.2) is 4.68 Å². The molecule has 0 saturated heterocycles. The van der Waals surface area contributed by atoms with Crippen molar-refractivity contribution < 1.29 is 0 Å². The molecule has 0 unspecified atom stereocenters. The maximum absolute atomic E-state index is 6.02. The van der Waals surface area contributed by atoms with Crippen LogP contribution in [0.15, 0.2) is 91.1 Å². The average molecular weight is 469 g/mol. The number of hydrogen-bond acceptors (Lipinski definition) is 5. The highest BCUT2D eigenvalue weighted by Crippen LogP contribution is 2.36. The first-order valence-corrected chi connectivity index (χ1v) is 11.6. The normalized spacial score (nSPS) is 11.3. The van der Waals surface area contributed by atoms with E-state index in [1.54, 1.807) is 0 Å². The summed E-state index contributed by atoms with van der Waals surface area (Å²) in [5.41, 5.74) is 5.12. The van der Waals surface area contributed by atoms with Crippen molar-refractivity contribution in [2.45, 2.75) is 6.42 Å². The molecule has 0 aliphatic carbocycles. The summed E-state index contributed by atoms with van der Waals surface area (Å²) in [5, 5.41) is 19.9. The third-order valence-electron chi connectivity index (χ3n) is 5.38. The van der Waals surface area contributed by atoms with E-state index in [0.29, 0.717) is 11.4 Å². The highest BCUT2D eigenvalue weighted by atomic mass is 35.5. The number of fused-ring (bicyclic) bond motifs is 1. The first-order valence-electron chi connectivity index (χ1n) is 10.4. The molecule has 3 aromatic heterocycles. The topological polar surface area (TPSA) is 60.9 Å². The fourth-order valence-corrected chi connectivity index (χ4v) is 4.80. The van der Waals surface area contributed by atoms with E-state index in [1.165, 1.54) is 11.3 Å². The smallest absolute Gasteiger partial charge is 0.232 e. The Labute approximate surface area is 198 Å². The highest BCUT2D eigenvalue weighted by Gasteiger charge is 2.21. The summed E-state index contributed by atoms with van der Waals surface area (Å²) < 4.78 is 3.78. The van der Waals surface area contributed by atoms with Crippen molar-refractivity contribution in [2.75, 3.05) is 0 Å². The summed E-state index contributed by atoms with van der Waals surface area (Å²) in [5.74, 6) is 0.784. The van der Waals surface area contributed by atoms with E-state index in [4.69, 9.17) is 21.8 Å². The SMILES string of the molecule is Clc1ccc(Cc2nnc3sc(-c4cnn(-c5ccccc5)c4-c4ccccc4)nn23)cc1. The third-order valence-corrected chi connectivity index (χ3v) is 6.56. The second kappa shape index (κ2) is 8.27. The quantitative estimate of drug-likeness (QED) is 0.313. The Bertz CT molecular complexity index is 1530. The van der Waals surface area contributed by atoms with Crippen LogP contribution in [-0.4, -0.2) is 29.6 Å². The Kier molecular flexibility index (Phi) is 4.97. The molecule has 0 bridgehead atoms. The van der Waals surface area contributed by atoms with Gasteiger partial charge in [-0.1, -0.05) is 83.6 Å². The minimum absolute atomic E-state index is 0.621. The summed E-state index contributed by atoms with van der Waals surface area (Å²) in [6, 6.07) is 28.1. The predicted molar refractivity (Wildman–Crippen MR) is 131 cm³/mol. The van der Waals surface area contributed by atoms with Crippen LogP contribution >= 0.6 is 22.9 Å². The van der Waals surface area contributed by atoms with Gasteiger partial charge in [0.1, 0.15) is 0 Å². The molecule has 160 valence electrons. The van der Waals surface area contributed by atoms with Gasteiger partial charge < -0.3 is 0 Å². The Morgan fingerprint density at radius 1 is 0.818 bits per heavy atom. The molecule has 3 heterocycles. The van der Waals surface area contributed by atoms with Crippen molar-refractivity contribution in [1.29, 1.82) is 0 Å². The minimum atomic E-state index is 0.621. The molecule has 0 spiro atoms. The lowest BCUT2D eigenvalue weighted by Crippen LogP contribution is -1.99. The van der Waals surface area contributed by atoms with Crippen molar-refractivity contribution in [3.05, 3.63) is 108 Å². The van der Waals surface area contributed by atoms with Gasteiger partial charge >= 0.3 is 0 Å². The number of nitrogens with zero attached hydrogens (tertiary/aromatic N) is 6. The molecule has 0 atom stereocenters. The Hall–Kier alpha value is -3.81. The Morgan fingerprint density at radius 3 is 2.30 bits per heavy atom. The van der Waals surface area contributed by atoms with Crippen molar-refractivity contribution >= 4 is 27.9 Å². The molecule has 0 aliphatic rings. The summed E-state index contributed by atoms with van der Waals surface area (Å²) in [6.45, 7) is 0. The van der Waals surface area contributed by atoms with E-state index >= 15 is 0 Å². The second-order valence-corrected chi connectivity index (χ2v) is 8.93. The van der Waals surface area contributed by atoms with Gasteiger partial charge in [0, 0.05) is 17.0 Å². The van der Waals surface area contributed by atoms with Crippen LogP contribution in [0.1, 0.15) is 11.4 Å². The molecule has 0 fully saturated rings. The molecule has 0 N–H and O–H groups in total. The predicted octanol–water partition coefficient (Wildman–Crippen LogP) is 5.95. The zero-order valence-corrected chi connectivity index (χ0v) is 18.9. The number of halogens is 1. The summed E-state index contributed by atoms with van der Waals surface area (Å²) in [4.78, 5) is 0.750. The molecule has 33 heavy (non-hydrogen) atoms. The van der Waals surface area contributed by atoms with Crippen LogP contribution in [0.25, 0.3) is 32.5 Å². The van der Waals surface area contributed by atoms with Crippen LogP contribution < -0.4 is 0 Å². The van der Waals surface area contributed by atoms with Crippen LogP contribution in [0.3, 0.4) is 0 Å². The molecule has 0 amide bonds. The number of benzene rings is 3. The summed E-state index contributed by atoms with van der Waals surface area (Å²) in [7, 11) is 0. The molecular weight excluding hydrogens is 452 g/mol. The van der Waals surface area contributed by atoms with Gasteiger partial charge in [-0.05, 0) is 29.8 Å².